The fourth-order valence-electron chi connectivity index (χ4n) is 4.30. The Morgan fingerprint density at radius 2 is 1.82 bits per heavy atom. The SMILES string of the molecule is COc1ccc(C(=O)N2CCC(C(=O)NCC(C)(C)CN(C)C)CC2)cc1S(=O)(=O)NC(C)C. The van der Waals surface area contributed by atoms with Crippen molar-refractivity contribution in [3.05, 3.63) is 23.8 Å². The zero-order valence-corrected chi connectivity index (χ0v) is 22.3. The molecule has 0 unspecified atom stereocenters. The number of sulfonamides is 1. The lowest BCUT2D eigenvalue weighted by Gasteiger charge is -2.33. The van der Waals surface area contributed by atoms with Crippen LogP contribution in [0.15, 0.2) is 23.1 Å². The number of nitrogens with zero attached hydrogens (tertiary/aromatic N) is 2. The van der Waals surface area contributed by atoms with Gasteiger partial charge in [-0.05, 0) is 64.4 Å². The van der Waals surface area contributed by atoms with Gasteiger partial charge in [-0.15, -0.1) is 0 Å². The summed E-state index contributed by atoms with van der Waals surface area (Å²) < 4.78 is 33.2. The molecule has 2 rings (SSSR count). The van der Waals surface area contributed by atoms with Gasteiger partial charge < -0.3 is 19.9 Å². The van der Waals surface area contributed by atoms with Crippen LogP contribution in [0.5, 0.6) is 5.75 Å². The van der Waals surface area contributed by atoms with Crippen LogP contribution in [0.25, 0.3) is 0 Å². The fourth-order valence-corrected chi connectivity index (χ4v) is 5.75. The number of nitrogens with one attached hydrogen (secondary N) is 2. The predicted octanol–water partition coefficient (Wildman–Crippen LogP) is 1.94. The largest absolute Gasteiger partial charge is 0.495 e. The summed E-state index contributed by atoms with van der Waals surface area (Å²) in [5, 5.41) is 3.07. The molecular formula is C24H40N4O5S. The highest BCUT2D eigenvalue weighted by Crippen LogP contribution is 2.27. The van der Waals surface area contributed by atoms with Crippen LogP contribution in [0.3, 0.4) is 0 Å². The van der Waals surface area contributed by atoms with Gasteiger partial charge in [-0.2, -0.15) is 0 Å². The number of amides is 2. The molecule has 1 aliphatic heterocycles. The van der Waals surface area contributed by atoms with Crippen LogP contribution in [0.2, 0.25) is 0 Å². The van der Waals surface area contributed by atoms with E-state index in [4.69, 9.17) is 4.74 Å². The van der Waals surface area contributed by atoms with Gasteiger partial charge in [-0.25, -0.2) is 13.1 Å². The number of rotatable bonds is 10. The molecule has 0 bridgehead atoms. The highest BCUT2D eigenvalue weighted by molar-refractivity contribution is 7.89. The van der Waals surface area contributed by atoms with Gasteiger partial charge in [0.1, 0.15) is 10.6 Å². The van der Waals surface area contributed by atoms with E-state index in [-0.39, 0.29) is 45.4 Å². The fraction of sp³-hybridized carbons (Fsp3) is 0.667. The normalized spacial score (nSPS) is 15.6. The maximum Gasteiger partial charge on any atom is 0.253 e. The lowest BCUT2D eigenvalue weighted by Crippen LogP contribution is -2.46. The van der Waals surface area contributed by atoms with E-state index in [0.29, 0.717) is 32.5 Å². The molecule has 1 aromatic carbocycles. The van der Waals surface area contributed by atoms with Crippen molar-refractivity contribution in [3.63, 3.8) is 0 Å². The monoisotopic (exact) mass is 496 g/mol. The maximum absolute atomic E-state index is 13.1. The van der Waals surface area contributed by atoms with Crippen molar-refractivity contribution >= 4 is 21.8 Å². The molecule has 1 aliphatic rings. The zero-order chi connectivity index (χ0) is 25.7. The van der Waals surface area contributed by atoms with Gasteiger partial charge in [-0.1, -0.05) is 13.8 Å². The van der Waals surface area contributed by atoms with Gasteiger partial charge in [0.2, 0.25) is 15.9 Å². The molecule has 2 N–H and O–H groups in total. The second-order valence-electron chi connectivity index (χ2n) is 10.3. The van der Waals surface area contributed by atoms with Gasteiger partial charge in [0.15, 0.2) is 0 Å². The lowest BCUT2D eigenvalue weighted by molar-refractivity contribution is -0.126. The molecule has 1 heterocycles. The van der Waals surface area contributed by atoms with Crippen LogP contribution in [-0.2, 0) is 14.8 Å². The Bertz CT molecular complexity index is 968. The molecule has 2 amide bonds. The number of benzene rings is 1. The molecule has 0 saturated carbocycles. The second kappa shape index (κ2) is 11.5. The Hall–Kier alpha value is -2.17. The number of carbonyl (C=O) groups is 2. The molecule has 34 heavy (non-hydrogen) atoms. The molecule has 1 fully saturated rings. The van der Waals surface area contributed by atoms with Crippen LogP contribution >= 0.6 is 0 Å². The molecule has 1 saturated heterocycles. The topological polar surface area (TPSA) is 108 Å². The predicted molar refractivity (Wildman–Crippen MR) is 132 cm³/mol. The third-order valence-corrected chi connectivity index (χ3v) is 7.41. The number of piperidine rings is 1. The molecule has 0 spiro atoms. The molecule has 1 aromatic rings. The van der Waals surface area contributed by atoms with Crippen molar-refractivity contribution < 1.29 is 22.7 Å². The number of hydrogen-bond acceptors (Lipinski definition) is 6. The van der Waals surface area contributed by atoms with E-state index < -0.39 is 10.0 Å². The number of ether oxygens (including phenoxy) is 1. The van der Waals surface area contributed by atoms with Crippen LogP contribution in [-0.4, -0.2) is 83.5 Å². The smallest absolute Gasteiger partial charge is 0.253 e. The lowest BCUT2D eigenvalue weighted by atomic mass is 9.91. The molecule has 10 heteroatoms. The van der Waals surface area contributed by atoms with Crippen molar-refractivity contribution in [2.45, 2.75) is 51.5 Å². The van der Waals surface area contributed by atoms with Crippen molar-refractivity contribution in [1.29, 1.82) is 0 Å². The quantitative estimate of drug-likeness (QED) is 0.513. The van der Waals surface area contributed by atoms with Crippen molar-refractivity contribution in [3.8, 4) is 5.75 Å². The van der Waals surface area contributed by atoms with E-state index in [0.717, 1.165) is 6.54 Å². The summed E-state index contributed by atoms with van der Waals surface area (Å²) in [5.41, 5.74) is 0.241. The third kappa shape index (κ3) is 7.68. The summed E-state index contributed by atoms with van der Waals surface area (Å²) in [7, 11) is 1.58. The van der Waals surface area contributed by atoms with E-state index in [1.54, 1.807) is 24.8 Å². The molecule has 0 atom stereocenters. The van der Waals surface area contributed by atoms with Gasteiger partial charge >= 0.3 is 0 Å². The van der Waals surface area contributed by atoms with Crippen LogP contribution in [0.1, 0.15) is 50.9 Å². The minimum atomic E-state index is -3.84. The summed E-state index contributed by atoms with van der Waals surface area (Å²) in [6, 6.07) is 4.13. The zero-order valence-electron chi connectivity index (χ0n) is 21.5. The van der Waals surface area contributed by atoms with Crippen molar-refractivity contribution in [2.24, 2.45) is 11.3 Å². The number of methoxy groups -OCH3 is 1. The van der Waals surface area contributed by atoms with E-state index in [2.05, 4.69) is 28.8 Å². The summed E-state index contributed by atoms with van der Waals surface area (Å²) in [5.74, 6) is -0.190. The van der Waals surface area contributed by atoms with E-state index in [1.807, 2.05) is 14.1 Å². The minimum absolute atomic E-state index is 0.0246. The number of hydrogen-bond donors (Lipinski definition) is 2. The van der Waals surface area contributed by atoms with Gasteiger partial charge in [-0.3, -0.25) is 9.59 Å². The average Bonchev–Trinajstić information content (AvgIpc) is 2.75. The molecule has 0 aliphatic carbocycles. The number of carbonyl (C=O) groups excluding carboxylic acids is 2. The minimum Gasteiger partial charge on any atom is -0.495 e. The highest BCUT2D eigenvalue weighted by Gasteiger charge is 2.30. The van der Waals surface area contributed by atoms with Gasteiger partial charge in [0.25, 0.3) is 5.91 Å². The third-order valence-electron chi connectivity index (χ3n) is 5.73. The molecular weight excluding hydrogens is 456 g/mol. The number of likely N-dealkylation sites (tertiary alicyclic amines) is 1. The second-order valence-corrected chi connectivity index (χ2v) is 12.0. The first-order valence-electron chi connectivity index (χ1n) is 11.7. The van der Waals surface area contributed by atoms with E-state index >= 15 is 0 Å². The van der Waals surface area contributed by atoms with Crippen LogP contribution in [0, 0.1) is 11.3 Å². The van der Waals surface area contributed by atoms with Gasteiger partial charge in [0, 0.05) is 43.7 Å². The molecule has 9 nitrogen and oxygen atoms in total. The molecule has 0 aromatic heterocycles. The van der Waals surface area contributed by atoms with E-state index in [9.17, 15) is 18.0 Å². The van der Waals surface area contributed by atoms with Gasteiger partial charge in [0.05, 0.1) is 7.11 Å². The maximum atomic E-state index is 13.1. The Morgan fingerprint density at radius 1 is 1.21 bits per heavy atom. The summed E-state index contributed by atoms with van der Waals surface area (Å²) in [6.45, 7) is 10.0. The Balaban J connectivity index is 2.03. The Labute approximate surface area is 204 Å². The van der Waals surface area contributed by atoms with E-state index in [1.165, 1.54) is 19.2 Å². The van der Waals surface area contributed by atoms with Crippen LogP contribution in [0.4, 0.5) is 0 Å². The standard InChI is InChI=1S/C24H40N4O5S/c1-17(2)26-34(31,32)21-14-19(8-9-20(21)33-7)23(30)28-12-10-18(11-13-28)22(29)25-15-24(3,4)16-27(5)6/h8-9,14,17-18,26H,10-13,15-16H2,1-7H3,(H,25,29). The Kier molecular flexibility index (Phi) is 9.50. The molecule has 192 valence electrons. The van der Waals surface area contributed by atoms with Crippen molar-refractivity contribution in [2.75, 3.05) is 47.4 Å². The highest BCUT2D eigenvalue weighted by atomic mass is 32.2. The summed E-state index contributed by atoms with van der Waals surface area (Å²) >= 11 is 0. The average molecular weight is 497 g/mol. The molecule has 0 radical (unpaired) electrons. The Morgan fingerprint density at radius 3 is 2.35 bits per heavy atom. The van der Waals surface area contributed by atoms with Crippen LogP contribution < -0.4 is 14.8 Å². The first-order chi connectivity index (χ1) is 15.8. The summed E-state index contributed by atoms with van der Waals surface area (Å²) in [6.07, 6.45) is 1.14. The summed E-state index contributed by atoms with van der Waals surface area (Å²) in [4.78, 5) is 29.5. The first kappa shape index (κ1) is 28.1. The van der Waals surface area contributed by atoms with Crippen molar-refractivity contribution in [1.82, 2.24) is 19.8 Å². The first-order valence-corrected chi connectivity index (χ1v) is 13.2.